The summed E-state index contributed by atoms with van der Waals surface area (Å²) in [5.74, 6) is 2.45. The maximum atomic E-state index is 4.65. The first-order valence-corrected chi connectivity index (χ1v) is 7.01. The lowest BCUT2D eigenvalue weighted by molar-refractivity contribution is 0.733. The Kier molecular flexibility index (Phi) is 3.23. The van der Waals surface area contributed by atoms with Gasteiger partial charge in [0.05, 0.1) is 6.33 Å². The molecule has 6 heteroatoms. The molecule has 0 aromatic carbocycles. The van der Waals surface area contributed by atoms with E-state index in [1.165, 1.54) is 12.8 Å². The van der Waals surface area contributed by atoms with Crippen molar-refractivity contribution < 1.29 is 0 Å². The van der Waals surface area contributed by atoms with Gasteiger partial charge in [0.15, 0.2) is 11.5 Å². The van der Waals surface area contributed by atoms with E-state index in [1.807, 2.05) is 6.92 Å². The molecule has 1 aliphatic rings. The summed E-state index contributed by atoms with van der Waals surface area (Å²) in [6.45, 7) is 7.05. The molecule has 2 aromatic rings. The summed E-state index contributed by atoms with van der Waals surface area (Å²) in [4.78, 5) is 18.8. The molecule has 1 saturated carbocycles. The Morgan fingerprint density at radius 1 is 1.37 bits per heavy atom. The van der Waals surface area contributed by atoms with Crippen LogP contribution >= 0.6 is 0 Å². The number of anilines is 2. The van der Waals surface area contributed by atoms with Crippen molar-refractivity contribution in [2.75, 3.05) is 29.9 Å². The number of rotatable bonds is 6. The van der Waals surface area contributed by atoms with Crippen molar-refractivity contribution in [3.63, 3.8) is 0 Å². The van der Waals surface area contributed by atoms with E-state index in [9.17, 15) is 0 Å². The lowest BCUT2D eigenvalue weighted by Gasteiger charge is -2.22. The molecule has 0 saturated heterocycles. The van der Waals surface area contributed by atoms with Crippen molar-refractivity contribution in [2.24, 2.45) is 5.92 Å². The molecule has 2 heterocycles. The van der Waals surface area contributed by atoms with Gasteiger partial charge >= 0.3 is 0 Å². The van der Waals surface area contributed by atoms with E-state index in [0.717, 1.165) is 42.5 Å². The molecule has 0 bridgehead atoms. The van der Waals surface area contributed by atoms with Crippen molar-refractivity contribution in [2.45, 2.75) is 26.7 Å². The van der Waals surface area contributed by atoms with Crippen LogP contribution in [-0.4, -0.2) is 39.6 Å². The molecule has 2 aromatic heterocycles. The zero-order chi connectivity index (χ0) is 13.2. The number of imidazole rings is 1. The number of aromatic amines is 1. The first-order valence-electron chi connectivity index (χ1n) is 7.01. The van der Waals surface area contributed by atoms with Crippen LogP contribution in [-0.2, 0) is 0 Å². The normalized spacial score (nSPS) is 14.8. The van der Waals surface area contributed by atoms with E-state index >= 15 is 0 Å². The Morgan fingerprint density at radius 2 is 2.21 bits per heavy atom. The zero-order valence-electron chi connectivity index (χ0n) is 11.5. The number of nitrogens with one attached hydrogen (secondary N) is 2. The molecular weight excluding hydrogens is 240 g/mol. The number of H-pyrrole nitrogens is 1. The Bertz CT molecular complexity index is 559. The quantitative estimate of drug-likeness (QED) is 0.831. The molecule has 19 heavy (non-hydrogen) atoms. The summed E-state index contributed by atoms with van der Waals surface area (Å²) in [6.07, 6.45) is 4.37. The Morgan fingerprint density at radius 3 is 2.89 bits per heavy atom. The van der Waals surface area contributed by atoms with E-state index in [0.29, 0.717) is 5.95 Å². The van der Waals surface area contributed by atoms with Gasteiger partial charge in [0.1, 0.15) is 5.52 Å². The van der Waals surface area contributed by atoms with E-state index < -0.39 is 0 Å². The SMILES string of the molecule is CCNc1nc(N(CC)CC2CC2)c2[nH]cnc2n1. The van der Waals surface area contributed by atoms with Gasteiger partial charge in [-0.2, -0.15) is 9.97 Å². The largest absolute Gasteiger partial charge is 0.355 e. The van der Waals surface area contributed by atoms with Crippen molar-refractivity contribution in [1.29, 1.82) is 0 Å². The van der Waals surface area contributed by atoms with E-state index in [2.05, 4.69) is 37.1 Å². The van der Waals surface area contributed by atoms with Crippen LogP contribution in [0, 0.1) is 5.92 Å². The molecule has 102 valence electrons. The van der Waals surface area contributed by atoms with Gasteiger partial charge in [-0.05, 0) is 32.6 Å². The highest BCUT2D eigenvalue weighted by Gasteiger charge is 2.26. The average Bonchev–Trinajstić information content (AvgIpc) is 3.11. The van der Waals surface area contributed by atoms with Crippen LogP contribution in [0.5, 0.6) is 0 Å². The fourth-order valence-electron chi connectivity index (χ4n) is 2.26. The molecule has 0 amide bonds. The fourth-order valence-corrected chi connectivity index (χ4v) is 2.26. The lowest BCUT2D eigenvalue weighted by Crippen LogP contribution is -2.27. The third-order valence-corrected chi connectivity index (χ3v) is 3.46. The summed E-state index contributed by atoms with van der Waals surface area (Å²) in [7, 11) is 0. The van der Waals surface area contributed by atoms with E-state index in [-0.39, 0.29) is 0 Å². The summed E-state index contributed by atoms with van der Waals surface area (Å²) in [5.41, 5.74) is 1.67. The van der Waals surface area contributed by atoms with Gasteiger partial charge < -0.3 is 15.2 Å². The highest BCUT2D eigenvalue weighted by molar-refractivity contribution is 5.84. The van der Waals surface area contributed by atoms with Gasteiger partial charge in [0.25, 0.3) is 0 Å². The molecule has 0 aliphatic heterocycles. The molecule has 1 aliphatic carbocycles. The minimum atomic E-state index is 0.659. The molecular formula is C13H20N6. The van der Waals surface area contributed by atoms with Gasteiger partial charge in [0.2, 0.25) is 5.95 Å². The summed E-state index contributed by atoms with van der Waals surface area (Å²) in [6, 6.07) is 0. The monoisotopic (exact) mass is 260 g/mol. The summed E-state index contributed by atoms with van der Waals surface area (Å²) in [5, 5.41) is 3.17. The van der Waals surface area contributed by atoms with Crippen LogP contribution in [0.15, 0.2) is 6.33 Å². The summed E-state index contributed by atoms with van der Waals surface area (Å²) < 4.78 is 0. The zero-order valence-corrected chi connectivity index (χ0v) is 11.5. The second kappa shape index (κ2) is 5.03. The smallest absolute Gasteiger partial charge is 0.226 e. The van der Waals surface area contributed by atoms with Crippen molar-refractivity contribution >= 4 is 22.9 Å². The maximum Gasteiger partial charge on any atom is 0.226 e. The number of hydrogen-bond acceptors (Lipinski definition) is 5. The molecule has 6 nitrogen and oxygen atoms in total. The fraction of sp³-hybridized carbons (Fsp3) is 0.615. The predicted octanol–water partition coefficient (Wildman–Crippen LogP) is 2.02. The minimum absolute atomic E-state index is 0.659. The standard InChI is InChI=1S/C13H20N6/c1-3-14-13-17-11-10(15-8-16-11)12(18-13)19(4-2)7-9-5-6-9/h8-9H,3-7H2,1-2H3,(H2,14,15,16,17,18). The number of hydrogen-bond donors (Lipinski definition) is 2. The first kappa shape index (κ1) is 12.2. The van der Waals surface area contributed by atoms with Crippen LogP contribution in [0.3, 0.4) is 0 Å². The second-order valence-corrected chi connectivity index (χ2v) is 4.98. The topological polar surface area (TPSA) is 69.7 Å². The molecule has 2 N–H and O–H groups in total. The van der Waals surface area contributed by atoms with E-state index in [1.54, 1.807) is 6.33 Å². The molecule has 0 unspecified atom stereocenters. The van der Waals surface area contributed by atoms with Crippen molar-refractivity contribution in [1.82, 2.24) is 19.9 Å². The van der Waals surface area contributed by atoms with Gasteiger partial charge in [0, 0.05) is 19.6 Å². The maximum absolute atomic E-state index is 4.65. The Balaban J connectivity index is 2.00. The van der Waals surface area contributed by atoms with Gasteiger partial charge in [-0.25, -0.2) is 4.98 Å². The van der Waals surface area contributed by atoms with Gasteiger partial charge in [-0.3, -0.25) is 0 Å². The van der Waals surface area contributed by atoms with Crippen molar-refractivity contribution in [3.05, 3.63) is 6.33 Å². The van der Waals surface area contributed by atoms with Gasteiger partial charge in [-0.15, -0.1) is 0 Å². The first-order chi connectivity index (χ1) is 9.31. The number of aromatic nitrogens is 4. The molecule has 0 radical (unpaired) electrons. The highest BCUT2D eigenvalue weighted by Crippen LogP contribution is 2.32. The van der Waals surface area contributed by atoms with Crippen LogP contribution in [0.4, 0.5) is 11.8 Å². The summed E-state index contributed by atoms with van der Waals surface area (Å²) >= 11 is 0. The van der Waals surface area contributed by atoms with Crippen LogP contribution in [0.25, 0.3) is 11.2 Å². The average molecular weight is 260 g/mol. The third-order valence-electron chi connectivity index (χ3n) is 3.46. The predicted molar refractivity (Wildman–Crippen MR) is 76.5 cm³/mol. The van der Waals surface area contributed by atoms with Crippen LogP contribution < -0.4 is 10.2 Å². The highest BCUT2D eigenvalue weighted by atomic mass is 15.2. The Hall–Kier alpha value is -1.85. The second-order valence-electron chi connectivity index (χ2n) is 4.98. The molecule has 3 rings (SSSR count). The number of fused-ring (bicyclic) bond motifs is 1. The molecule has 1 fully saturated rings. The van der Waals surface area contributed by atoms with E-state index in [4.69, 9.17) is 0 Å². The third kappa shape index (κ3) is 2.47. The van der Waals surface area contributed by atoms with Crippen LogP contribution in [0.2, 0.25) is 0 Å². The van der Waals surface area contributed by atoms with Crippen LogP contribution in [0.1, 0.15) is 26.7 Å². The van der Waals surface area contributed by atoms with Crippen molar-refractivity contribution in [3.8, 4) is 0 Å². The van der Waals surface area contributed by atoms with Gasteiger partial charge in [-0.1, -0.05) is 0 Å². The Labute approximate surface area is 112 Å². The molecule has 0 spiro atoms. The number of nitrogens with zero attached hydrogens (tertiary/aromatic N) is 4. The molecule has 0 atom stereocenters. The minimum Gasteiger partial charge on any atom is -0.355 e. The lowest BCUT2D eigenvalue weighted by atomic mass is 10.3.